The molecular formula is C48H48F2N8O5. The molecule has 2 aromatic heterocycles. The smallest absolute Gasteiger partial charge is 0.262 e. The Kier molecular flexibility index (Phi) is 11.9. The summed E-state index contributed by atoms with van der Waals surface area (Å²) < 4.78 is 39.3. The van der Waals surface area contributed by atoms with Crippen LogP contribution in [0.25, 0.3) is 21.8 Å². The summed E-state index contributed by atoms with van der Waals surface area (Å²) in [4.78, 5) is 54.0. The van der Waals surface area contributed by atoms with Gasteiger partial charge in [-0.15, -0.1) is 0 Å². The number of benzene rings is 4. The summed E-state index contributed by atoms with van der Waals surface area (Å²) in [5, 5.41) is 7.60. The molecule has 2 saturated heterocycles. The normalized spacial score (nSPS) is 16.6. The van der Waals surface area contributed by atoms with Gasteiger partial charge in [0.25, 0.3) is 11.8 Å². The average molecular weight is 855 g/mol. The number of amides is 2. The zero-order chi connectivity index (χ0) is 43.6. The number of carbonyl (C=O) groups excluding carboxylic acids is 3. The molecule has 0 bridgehead atoms. The molecule has 6 aromatic rings. The monoisotopic (exact) mass is 854 g/mol. The molecule has 0 aliphatic carbocycles. The maximum Gasteiger partial charge on any atom is 0.262 e. The second-order valence-electron chi connectivity index (χ2n) is 16.3. The second kappa shape index (κ2) is 17.9. The van der Waals surface area contributed by atoms with E-state index in [1.165, 1.54) is 17.7 Å². The highest BCUT2D eigenvalue weighted by atomic mass is 19.1. The number of fused-ring (bicyclic) bond motifs is 4. The van der Waals surface area contributed by atoms with Crippen LogP contribution < -0.4 is 29.9 Å². The van der Waals surface area contributed by atoms with Crippen LogP contribution >= 0.6 is 0 Å². The molecule has 0 unspecified atom stereocenters. The molecule has 2 fully saturated rings. The van der Waals surface area contributed by atoms with E-state index < -0.39 is 5.82 Å². The summed E-state index contributed by atoms with van der Waals surface area (Å²) in [7, 11) is 0. The third kappa shape index (κ3) is 9.39. The number of hydrogen-bond acceptors (Lipinski definition) is 11. The van der Waals surface area contributed by atoms with Crippen LogP contribution in [0.5, 0.6) is 11.5 Å². The van der Waals surface area contributed by atoms with Gasteiger partial charge >= 0.3 is 0 Å². The van der Waals surface area contributed by atoms with Crippen molar-refractivity contribution in [1.29, 1.82) is 0 Å². The molecule has 4 aromatic carbocycles. The second-order valence-corrected chi connectivity index (χ2v) is 16.3. The van der Waals surface area contributed by atoms with Gasteiger partial charge in [-0.25, -0.2) is 8.78 Å². The van der Waals surface area contributed by atoms with Gasteiger partial charge in [-0.3, -0.25) is 34.2 Å². The molecule has 324 valence electrons. The van der Waals surface area contributed by atoms with Crippen molar-refractivity contribution >= 4 is 62.2 Å². The zero-order valence-corrected chi connectivity index (χ0v) is 35.3. The number of piperazine rings is 2. The number of rotatable bonds is 8. The Labute approximate surface area is 363 Å². The van der Waals surface area contributed by atoms with Crippen LogP contribution in [-0.4, -0.2) is 116 Å². The number of ether oxygens (including phenoxy) is 2. The molecule has 13 nitrogen and oxygen atoms in total. The van der Waals surface area contributed by atoms with Crippen molar-refractivity contribution in [2.45, 2.75) is 20.3 Å². The van der Waals surface area contributed by atoms with Crippen molar-refractivity contribution in [2.75, 3.05) is 99.1 Å². The van der Waals surface area contributed by atoms with E-state index in [4.69, 9.17) is 9.47 Å². The largest absolute Gasteiger partial charge is 0.482 e. The van der Waals surface area contributed by atoms with E-state index >= 15 is 0 Å². The standard InChI is InChI=1S/C24H23FN4O3.C24H25FN4O2/c1-15-5-6-16-19(26-15)3-2-4-21(16)29-9-7-28(8-10-29)13-22(30)17-11-20-23(12-18(17)25)32-14-24(31)27-20;1-16-2-4-19-20(26-16)13-18(25)14-22(19)29-10-8-28(9-11-29)7-6-17-3-5-23-21(12-17)27-24(30)15-31-23/h2-6,11-12H,7-10,13-14H2,1H3,(H,27,31);2-5,12-14H,6-11,15H2,1H3,(H,27,30). The van der Waals surface area contributed by atoms with Crippen molar-refractivity contribution in [1.82, 2.24) is 19.8 Å². The first-order chi connectivity index (χ1) is 30.5. The van der Waals surface area contributed by atoms with Crippen molar-refractivity contribution in [3.05, 3.63) is 119 Å². The topological polar surface area (TPSA) is 132 Å². The van der Waals surface area contributed by atoms with Gasteiger partial charge < -0.3 is 29.9 Å². The molecular weight excluding hydrogens is 807 g/mol. The van der Waals surface area contributed by atoms with Gasteiger partial charge in [-0.2, -0.15) is 0 Å². The van der Waals surface area contributed by atoms with Crippen LogP contribution in [0.1, 0.15) is 27.3 Å². The molecule has 0 radical (unpaired) electrons. The van der Waals surface area contributed by atoms with E-state index in [1.54, 1.807) is 6.07 Å². The number of ketones is 1. The highest BCUT2D eigenvalue weighted by molar-refractivity contribution is 6.02. The number of aromatic nitrogens is 2. The maximum atomic E-state index is 14.5. The number of aryl methyl sites for hydroxylation is 2. The molecule has 10 rings (SSSR count). The number of halogens is 2. The summed E-state index contributed by atoms with van der Waals surface area (Å²) in [6.45, 7) is 11.3. The Bertz CT molecular complexity index is 2730. The zero-order valence-electron chi connectivity index (χ0n) is 35.3. The highest BCUT2D eigenvalue weighted by Gasteiger charge is 2.26. The minimum atomic E-state index is -0.637. The fourth-order valence-electron chi connectivity index (χ4n) is 8.60. The van der Waals surface area contributed by atoms with Crippen molar-refractivity contribution in [2.24, 2.45) is 0 Å². The number of nitrogens with one attached hydrogen (secondary N) is 2. The number of anilines is 4. The van der Waals surface area contributed by atoms with E-state index in [1.807, 2.05) is 61.2 Å². The third-order valence-electron chi connectivity index (χ3n) is 11.9. The first-order valence-corrected chi connectivity index (χ1v) is 21.3. The number of hydrogen-bond donors (Lipinski definition) is 2. The van der Waals surface area contributed by atoms with Crippen molar-refractivity contribution in [3.63, 3.8) is 0 Å². The van der Waals surface area contributed by atoms with Gasteiger partial charge in [-0.1, -0.05) is 12.1 Å². The maximum absolute atomic E-state index is 14.5. The van der Waals surface area contributed by atoms with Crippen LogP contribution in [0.15, 0.2) is 84.9 Å². The van der Waals surface area contributed by atoms with Gasteiger partial charge in [0.1, 0.15) is 23.1 Å². The highest BCUT2D eigenvalue weighted by Crippen LogP contribution is 2.33. The van der Waals surface area contributed by atoms with Gasteiger partial charge in [0, 0.05) is 105 Å². The molecule has 4 aliphatic rings. The molecule has 0 atom stereocenters. The molecule has 15 heteroatoms. The third-order valence-corrected chi connectivity index (χ3v) is 11.9. The van der Waals surface area contributed by atoms with Crippen LogP contribution in [0.4, 0.5) is 31.5 Å². The SMILES string of the molecule is Cc1ccc2c(N3CCN(CC(=O)c4cc5c(cc4F)OCC(=O)N5)CC3)cccc2n1.Cc1ccc2c(N3CCN(CCc4ccc5c(c4)NC(=O)CO5)CC3)cc(F)cc2n1. The summed E-state index contributed by atoms with van der Waals surface area (Å²) in [6.07, 6.45) is 0.898. The predicted molar refractivity (Wildman–Crippen MR) is 239 cm³/mol. The Morgan fingerprint density at radius 3 is 1.98 bits per heavy atom. The number of carbonyl (C=O) groups is 3. The van der Waals surface area contributed by atoms with E-state index in [0.29, 0.717) is 24.3 Å². The Morgan fingerprint density at radius 2 is 1.27 bits per heavy atom. The van der Waals surface area contributed by atoms with E-state index in [2.05, 4.69) is 53.5 Å². The molecule has 2 amide bonds. The van der Waals surface area contributed by atoms with Crippen LogP contribution in [0.2, 0.25) is 0 Å². The van der Waals surface area contributed by atoms with Crippen LogP contribution in [0.3, 0.4) is 0 Å². The molecule has 4 aliphatic heterocycles. The van der Waals surface area contributed by atoms with Crippen LogP contribution in [0, 0.1) is 25.5 Å². The number of nitrogens with zero attached hydrogens (tertiary/aromatic N) is 6. The van der Waals surface area contributed by atoms with E-state index in [9.17, 15) is 23.2 Å². The Morgan fingerprint density at radius 1 is 0.651 bits per heavy atom. The lowest BCUT2D eigenvalue weighted by molar-refractivity contribution is -0.119. The van der Waals surface area contributed by atoms with Crippen molar-refractivity contribution < 1.29 is 32.6 Å². The minimum absolute atomic E-state index is 0.0347. The summed E-state index contributed by atoms with van der Waals surface area (Å²) in [5.74, 6) is -0.665. The molecule has 6 heterocycles. The predicted octanol–water partition coefficient (Wildman–Crippen LogP) is 6.40. The van der Waals surface area contributed by atoms with Gasteiger partial charge in [-0.05, 0) is 86.5 Å². The fraction of sp³-hybridized carbons (Fsp3) is 0.312. The summed E-state index contributed by atoms with van der Waals surface area (Å²) in [6, 6.07) is 25.9. The van der Waals surface area contributed by atoms with E-state index in [-0.39, 0.29) is 54.5 Å². The van der Waals surface area contributed by atoms with Gasteiger partial charge in [0.05, 0.1) is 34.5 Å². The van der Waals surface area contributed by atoms with Crippen molar-refractivity contribution in [3.8, 4) is 11.5 Å². The summed E-state index contributed by atoms with van der Waals surface area (Å²) in [5.41, 5.74) is 7.83. The minimum Gasteiger partial charge on any atom is -0.482 e. The summed E-state index contributed by atoms with van der Waals surface area (Å²) >= 11 is 0. The molecule has 2 N–H and O–H groups in total. The Balaban J connectivity index is 0.000000160. The lowest BCUT2D eigenvalue weighted by Crippen LogP contribution is -2.48. The molecule has 63 heavy (non-hydrogen) atoms. The molecule has 0 saturated carbocycles. The first kappa shape index (κ1) is 41.6. The van der Waals surface area contributed by atoms with E-state index in [0.717, 1.165) is 109 Å². The molecule has 0 spiro atoms. The quantitative estimate of drug-likeness (QED) is 0.165. The van der Waals surface area contributed by atoms with Gasteiger partial charge in [0.2, 0.25) is 0 Å². The fourth-order valence-corrected chi connectivity index (χ4v) is 8.60. The lowest BCUT2D eigenvalue weighted by atomic mass is 10.1. The first-order valence-electron chi connectivity index (χ1n) is 21.3. The average Bonchev–Trinajstić information content (AvgIpc) is 3.28. The number of pyridine rings is 2. The number of Topliss-reactive ketones (excluding diaryl/α,β-unsaturated/α-hetero) is 1. The van der Waals surface area contributed by atoms with Gasteiger partial charge in [0.15, 0.2) is 19.0 Å². The Hall–Kier alpha value is -6.71. The lowest BCUT2D eigenvalue weighted by Gasteiger charge is -2.36. The van der Waals surface area contributed by atoms with Crippen LogP contribution in [-0.2, 0) is 16.0 Å².